The molecule has 2 atom stereocenters. The SMILES string of the molecule is CCCCCCCCCCCCCCCCCC(COP(=O)(O)OCCC[N+](C)(C)C)OC(C)=O. The van der Waals surface area contributed by atoms with Crippen LogP contribution in [-0.2, 0) is 23.1 Å². The van der Waals surface area contributed by atoms with Crippen molar-refractivity contribution in [3.8, 4) is 0 Å². The van der Waals surface area contributed by atoms with Gasteiger partial charge in [-0.25, -0.2) is 4.57 Å². The minimum atomic E-state index is -4.14. The van der Waals surface area contributed by atoms with Gasteiger partial charge in [0, 0.05) is 13.3 Å². The Kier molecular flexibility index (Phi) is 21.3. The van der Waals surface area contributed by atoms with Crippen molar-refractivity contribution in [1.29, 1.82) is 0 Å². The normalized spacial score (nSPS) is 14.6. The van der Waals surface area contributed by atoms with E-state index in [0.29, 0.717) is 12.8 Å². The summed E-state index contributed by atoms with van der Waals surface area (Å²) in [4.78, 5) is 21.3. The molecule has 0 radical (unpaired) electrons. The van der Waals surface area contributed by atoms with Gasteiger partial charge in [-0.2, -0.15) is 0 Å². The number of ether oxygens (including phenoxy) is 1. The first-order chi connectivity index (χ1) is 16.6. The highest BCUT2D eigenvalue weighted by Crippen LogP contribution is 2.43. The summed E-state index contributed by atoms with van der Waals surface area (Å²) in [5.41, 5.74) is 0. The van der Waals surface area contributed by atoms with E-state index in [9.17, 15) is 14.3 Å². The third kappa shape index (κ3) is 26.4. The molecule has 0 aliphatic rings. The number of carbonyl (C=O) groups is 1. The van der Waals surface area contributed by atoms with E-state index < -0.39 is 19.9 Å². The number of nitrogens with zero attached hydrogens (tertiary/aromatic N) is 1. The molecular formula is C27H57NO6P+. The maximum Gasteiger partial charge on any atom is 0.472 e. The highest BCUT2D eigenvalue weighted by atomic mass is 31.2. The molecule has 2 unspecified atom stereocenters. The van der Waals surface area contributed by atoms with Crippen molar-refractivity contribution in [2.24, 2.45) is 0 Å². The predicted molar refractivity (Wildman–Crippen MR) is 144 cm³/mol. The molecule has 7 nitrogen and oxygen atoms in total. The lowest BCUT2D eigenvalue weighted by Gasteiger charge is -2.24. The number of phosphoric ester groups is 1. The lowest BCUT2D eigenvalue weighted by molar-refractivity contribution is -0.870. The van der Waals surface area contributed by atoms with Gasteiger partial charge in [-0.1, -0.05) is 96.8 Å². The Morgan fingerprint density at radius 3 is 1.66 bits per heavy atom. The molecule has 0 aromatic heterocycles. The first kappa shape index (κ1) is 34.5. The summed E-state index contributed by atoms with van der Waals surface area (Å²) in [7, 11) is 2.01. The van der Waals surface area contributed by atoms with Crippen LogP contribution in [-0.4, -0.2) is 62.4 Å². The van der Waals surface area contributed by atoms with E-state index in [4.69, 9.17) is 13.8 Å². The second-order valence-electron chi connectivity index (χ2n) is 10.9. The Hall–Kier alpha value is -0.460. The molecule has 0 aliphatic carbocycles. The highest BCUT2D eigenvalue weighted by molar-refractivity contribution is 7.47. The number of hydrogen-bond donors (Lipinski definition) is 1. The smallest absolute Gasteiger partial charge is 0.460 e. The zero-order valence-electron chi connectivity index (χ0n) is 23.6. The number of esters is 1. The molecule has 35 heavy (non-hydrogen) atoms. The van der Waals surface area contributed by atoms with Crippen LogP contribution < -0.4 is 0 Å². The molecule has 1 N–H and O–H groups in total. The third-order valence-corrected chi connectivity index (χ3v) is 7.10. The number of phosphoric acid groups is 1. The van der Waals surface area contributed by atoms with Gasteiger partial charge in [0.25, 0.3) is 0 Å². The van der Waals surface area contributed by atoms with E-state index in [0.717, 1.165) is 23.9 Å². The van der Waals surface area contributed by atoms with E-state index in [1.807, 2.05) is 0 Å². The van der Waals surface area contributed by atoms with E-state index in [2.05, 4.69) is 28.1 Å². The second kappa shape index (κ2) is 21.6. The third-order valence-electron chi connectivity index (χ3n) is 6.11. The van der Waals surface area contributed by atoms with Crippen molar-refractivity contribution in [2.45, 2.75) is 129 Å². The zero-order chi connectivity index (χ0) is 26.4. The molecule has 0 saturated heterocycles. The van der Waals surface area contributed by atoms with Gasteiger partial charge in [0.15, 0.2) is 0 Å². The van der Waals surface area contributed by atoms with E-state index in [1.165, 1.54) is 90.4 Å². The van der Waals surface area contributed by atoms with Gasteiger partial charge in [-0.3, -0.25) is 13.8 Å². The van der Waals surface area contributed by atoms with Crippen molar-refractivity contribution < 1.29 is 32.5 Å². The van der Waals surface area contributed by atoms with Crippen molar-refractivity contribution in [1.82, 2.24) is 0 Å². The number of rotatable bonds is 25. The molecule has 0 rings (SSSR count). The first-order valence-electron chi connectivity index (χ1n) is 14.2. The molecule has 0 aliphatic heterocycles. The number of carbonyl (C=O) groups excluding carboxylic acids is 1. The molecule has 0 heterocycles. The fourth-order valence-corrected chi connectivity index (χ4v) is 4.88. The monoisotopic (exact) mass is 522 g/mol. The Morgan fingerprint density at radius 2 is 1.23 bits per heavy atom. The van der Waals surface area contributed by atoms with Gasteiger partial charge >= 0.3 is 13.8 Å². The molecule has 0 fully saturated rings. The van der Waals surface area contributed by atoms with Gasteiger partial charge in [0.1, 0.15) is 6.10 Å². The summed E-state index contributed by atoms with van der Waals surface area (Å²) in [6.07, 6.45) is 20.1. The summed E-state index contributed by atoms with van der Waals surface area (Å²) in [6.45, 7) is 4.47. The number of quaternary nitrogens is 1. The molecule has 0 aromatic carbocycles. The quantitative estimate of drug-likeness (QED) is 0.0582. The molecule has 0 saturated carbocycles. The molecular weight excluding hydrogens is 465 g/mol. The summed E-state index contributed by atoms with van der Waals surface area (Å²) >= 11 is 0. The van der Waals surface area contributed by atoms with E-state index >= 15 is 0 Å². The van der Waals surface area contributed by atoms with E-state index in [-0.39, 0.29) is 13.2 Å². The van der Waals surface area contributed by atoms with Crippen LogP contribution in [0.3, 0.4) is 0 Å². The lowest BCUT2D eigenvalue weighted by atomic mass is 10.0. The maximum atomic E-state index is 12.1. The average Bonchev–Trinajstić information content (AvgIpc) is 2.76. The zero-order valence-corrected chi connectivity index (χ0v) is 24.5. The number of hydrogen-bond acceptors (Lipinski definition) is 5. The molecule has 0 aromatic rings. The van der Waals surface area contributed by atoms with Crippen molar-refractivity contribution in [2.75, 3.05) is 40.9 Å². The van der Waals surface area contributed by atoms with Crippen LogP contribution in [0.2, 0.25) is 0 Å². The van der Waals surface area contributed by atoms with Gasteiger partial charge < -0.3 is 14.1 Å². The topological polar surface area (TPSA) is 82.1 Å². The van der Waals surface area contributed by atoms with Crippen LogP contribution in [0.25, 0.3) is 0 Å². The molecule has 210 valence electrons. The largest absolute Gasteiger partial charge is 0.472 e. The summed E-state index contributed by atoms with van der Waals surface area (Å²) in [5.74, 6) is -0.406. The van der Waals surface area contributed by atoms with Crippen LogP contribution >= 0.6 is 7.82 Å². The van der Waals surface area contributed by atoms with Crippen LogP contribution in [0, 0.1) is 0 Å². The molecule has 0 amide bonds. The fraction of sp³-hybridized carbons (Fsp3) is 0.963. The standard InChI is InChI=1S/C27H56NO6P/c1-6-7-8-9-10-11-12-13-14-15-16-17-18-19-20-22-27(34-26(2)29)25-33-35(30,31)32-24-21-23-28(3,4)5/h27H,6-25H2,1-5H3/p+1. The van der Waals surface area contributed by atoms with Crippen molar-refractivity contribution in [3.63, 3.8) is 0 Å². The van der Waals surface area contributed by atoms with Gasteiger partial charge in [0.05, 0.1) is 40.9 Å². The Morgan fingerprint density at radius 1 is 0.771 bits per heavy atom. The Balaban J connectivity index is 3.82. The summed E-state index contributed by atoms with van der Waals surface area (Å²) < 4.78 is 28.3. The molecule has 0 spiro atoms. The van der Waals surface area contributed by atoms with E-state index in [1.54, 1.807) is 0 Å². The average molecular weight is 523 g/mol. The second-order valence-corrected chi connectivity index (χ2v) is 12.4. The first-order valence-corrected chi connectivity index (χ1v) is 15.6. The minimum Gasteiger partial charge on any atom is -0.460 e. The highest BCUT2D eigenvalue weighted by Gasteiger charge is 2.24. The fourth-order valence-electron chi connectivity index (χ4n) is 4.09. The minimum absolute atomic E-state index is 0.124. The summed E-state index contributed by atoms with van der Waals surface area (Å²) in [6, 6.07) is 0. The van der Waals surface area contributed by atoms with Gasteiger partial charge in [-0.05, 0) is 12.8 Å². The Labute approximate surface area is 216 Å². The van der Waals surface area contributed by atoms with Crippen molar-refractivity contribution in [3.05, 3.63) is 0 Å². The van der Waals surface area contributed by atoms with Crippen LogP contribution in [0.1, 0.15) is 123 Å². The maximum absolute atomic E-state index is 12.1. The predicted octanol–water partition coefficient (Wildman–Crippen LogP) is 7.41. The molecule has 0 bridgehead atoms. The van der Waals surface area contributed by atoms with Crippen LogP contribution in [0.5, 0.6) is 0 Å². The summed E-state index contributed by atoms with van der Waals surface area (Å²) in [5, 5.41) is 0. The van der Waals surface area contributed by atoms with Crippen LogP contribution in [0.4, 0.5) is 0 Å². The number of unbranched alkanes of at least 4 members (excludes halogenated alkanes) is 14. The Bertz CT molecular complexity index is 552. The lowest BCUT2D eigenvalue weighted by Crippen LogP contribution is -2.35. The van der Waals surface area contributed by atoms with Crippen LogP contribution in [0.15, 0.2) is 0 Å². The van der Waals surface area contributed by atoms with Gasteiger partial charge in [0.2, 0.25) is 0 Å². The van der Waals surface area contributed by atoms with Crippen molar-refractivity contribution >= 4 is 13.8 Å². The van der Waals surface area contributed by atoms with Gasteiger partial charge in [-0.15, -0.1) is 0 Å². The molecule has 8 heteroatoms.